The van der Waals surface area contributed by atoms with Gasteiger partial charge >= 0.3 is 12.0 Å². The van der Waals surface area contributed by atoms with Gasteiger partial charge in [-0.2, -0.15) is 0 Å². The molecule has 1 aromatic heterocycles. The fraction of sp³-hybridized carbons (Fsp3) is 0.643. The average molecular weight is 311 g/mol. The summed E-state index contributed by atoms with van der Waals surface area (Å²) in [5.41, 5.74) is 0.626. The van der Waals surface area contributed by atoms with Crippen molar-refractivity contribution in [3.05, 3.63) is 11.1 Å². The maximum Gasteiger partial charge on any atom is 0.323 e. The molecule has 1 saturated heterocycles. The van der Waals surface area contributed by atoms with Gasteiger partial charge in [-0.15, -0.1) is 11.3 Å². The third-order valence-corrected chi connectivity index (χ3v) is 4.27. The van der Waals surface area contributed by atoms with Crippen molar-refractivity contribution >= 4 is 28.5 Å². The number of nitrogens with zero attached hydrogens (tertiary/aromatic N) is 2. The number of ether oxygens (including phenoxy) is 1. The summed E-state index contributed by atoms with van der Waals surface area (Å²) in [6.07, 6.45) is 2.22. The van der Waals surface area contributed by atoms with E-state index in [0.717, 1.165) is 25.9 Å². The molecule has 1 aliphatic heterocycles. The highest BCUT2D eigenvalue weighted by atomic mass is 32.1. The van der Waals surface area contributed by atoms with Crippen molar-refractivity contribution in [2.45, 2.75) is 33.1 Å². The van der Waals surface area contributed by atoms with E-state index in [9.17, 15) is 9.59 Å². The first-order valence-electron chi connectivity index (χ1n) is 7.24. The van der Waals surface area contributed by atoms with Crippen molar-refractivity contribution in [2.75, 3.05) is 25.0 Å². The van der Waals surface area contributed by atoms with Crippen LogP contribution in [0.2, 0.25) is 0 Å². The SMILES string of the molecule is CCOC(=O)Cc1csc(NC(=O)N2CCC(C)CC2)n1. The van der Waals surface area contributed by atoms with Gasteiger partial charge < -0.3 is 9.64 Å². The standard InChI is InChI=1S/C14H21N3O3S/c1-3-20-12(18)8-11-9-21-13(15-11)16-14(19)17-6-4-10(2)5-7-17/h9-10H,3-8H2,1-2H3,(H,15,16,19). The van der Waals surface area contributed by atoms with Gasteiger partial charge in [-0.1, -0.05) is 6.92 Å². The highest BCUT2D eigenvalue weighted by Gasteiger charge is 2.21. The van der Waals surface area contributed by atoms with Crippen LogP contribution in [0, 0.1) is 5.92 Å². The molecule has 0 bridgehead atoms. The number of likely N-dealkylation sites (tertiary alicyclic amines) is 1. The quantitative estimate of drug-likeness (QED) is 0.867. The van der Waals surface area contributed by atoms with E-state index >= 15 is 0 Å². The minimum atomic E-state index is -0.300. The van der Waals surface area contributed by atoms with Crippen LogP contribution in [0.15, 0.2) is 5.38 Å². The molecular weight excluding hydrogens is 290 g/mol. The molecule has 0 atom stereocenters. The molecule has 2 rings (SSSR count). The molecule has 1 aromatic rings. The van der Waals surface area contributed by atoms with E-state index < -0.39 is 0 Å². The van der Waals surface area contributed by atoms with Crippen molar-refractivity contribution in [3.8, 4) is 0 Å². The van der Waals surface area contributed by atoms with E-state index in [-0.39, 0.29) is 18.4 Å². The Kier molecular flexibility index (Phi) is 5.55. The van der Waals surface area contributed by atoms with Crippen molar-refractivity contribution in [3.63, 3.8) is 0 Å². The second kappa shape index (κ2) is 7.40. The van der Waals surface area contributed by atoms with Crippen molar-refractivity contribution in [1.82, 2.24) is 9.88 Å². The highest BCUT2D eigenvalue weighted by molar-refractivity contribution is 7.13. The first kappa shape index (κ1) is 15.8. The number of rotatable bonds is 4. The van der Waals surface area contributed by atoms with Crippen molar-refractivity contribution < 1.29 is 14.3 Å². The fourth-order valence-corrected chi connectivity index (χ4v) is 2.89. The summed E-state index contributed by atoms with van der Waals surface area (Å²) in [6, 6.07) is -0.112. The Morgan fingerprint density at radius 3 is 2.86 bits per heavy atom. The number of anilines is 1. The number of amides is 2. The normalized spacial score (nSPS) is 15.8. The molecule has 7 heteroatoms. The number of urea groups is 1. The molecule has 0 aromatic carbocycles. The van der Waals surface area contributed by atoms with Gasteiger partial charge in [0.1, 0.15) is 0 Å². The topological polar surface area (TPSA) is 71.5 Å². The number of carbonyl (C=O) groups is 2. The predicted molar refractivity (Wildman–Crippen MR) is 81.4 cm³/mol. The van der Waals surface area contributed by atoms with Crippen LogP contribution >= 0.6 is 11.3 Å². The summed E-state index contributed by atoms with van der Waals surface area (Å²) in [5.74, 6) is 0.385. The molecule has 0 saturated carbocycles. The van der Waals surface area contributed by atoms with Gasteiger partial charge in [-0.05, 0) is 25.7 Å². The number of nitrogens with one attached hydrogen (secondary N) is 1. The maximum atomic E-state index is 12.1. The van der Waals surface area contributed by atoms with Gasteiger partial charge in [0.25, 0.3) is 0 Å². The van der Waals surface area contributed by atoms with Crippen LogP contribution in [0.25, 0.3) is 0 Å². The third-order valence-electron chi connectivity index (χ3n) is 3.47. The molecule has 21 heavy (non-hydrogen) atoms. The minimum absolute atomic E-state index is 0.112. The number of carbonyl (C=O) groups excluding carboxylic acids is 2. The Bertz CT molecular complexity index is 495. The Hall–Kier alpha value is -1.63. The zero-order valence-electron chi connectivity index (χ0n) is 12.4. The summed E-state index contributed by atoms with van der Waals surface area (Å²) < 4.78 is 4.87. The number of hydrogen-bond acceptors (Lipinski definition) is 5. The van der Waals surface area contributed by atoms with Gasteiger partial charge in [-0.3, -0.25) is 10.1 Å². The van der Waals surface area contributed by atoms with E-state index in [1.165, 1.54) is 11.3 Å². The monoisotopic (exact) mass is 311 g/mol. The Balaban J connectivity index is 1.84. The van der Waals surface area contributed by atoms with Crippen molar-refractivity contribution in [1.29, 1.82) is 0 Å². The average Bonchev–Trinajstić information content (AvgIpc) is 2.86. The Morgan fingerprint density at radius 2 is 2.19 bits per heavy atom. The van der Waals surface area contributed by atoms with E-state index in [0.29, 0.717) is 23.4 Å². The van der Waals surface area contributed by atoms with Crippen LogP contribution in [0.1, 0.15) is 32.4 Å². The molecule has 1 N–H and O–H groups in total. The van der Waals surface area contributed by atoms with Crippen LogP contribution in [0.4, 0.5) is 9.93 Å². The number of hydrogen-bond donors (Lipinski definition) is 1. The lowest BCUT2D eigenvalue weighted by atomic mass is 10.00. The van der Waals surface area contributed by atoms with Gasteiger partial charge in [0.05, 0.1) is 18.7 Å². The van der Waals surface area contributed by atoms with Crippen LogP contribution in [-0.4, -0.2) is 41.6 Å². The molecular formula is C14H21N3O3S. The summed E-state index contributed by atoms with van der Waals surface area (Å²) in [7, 11) is 0. The zero-order valence-corrected chi connectivity index (χ0v) is 13.2. The van der Waals surface area contributed by atoms with Gasteiger partial charge in [0.2, 0.25) is 0 Å². The number of piperidine rings is 1. The molecule has 1 aliphatic rings. The summed E-state index contributed by atoms with van der Waals surface area (Å²) in [6.45, 7) is 5.91. The minimum Gasteiger partial charge on any atom is -0.466 e. The summed E-state index contributed by atoms with van der Waals surface area (Å²) in [5, 5.41) is 5.09. The largest absolute Gasteiger partial charge is 0.466 e. The molecule has 116 valence electrons. The number of esters is 1. The molecule has 6 nitrogen and oxygen atoms in total. The second-order valence-corrected chi connectivity index (χ2v) is 6.08. The number of aromatic nitrogens is 1. The highest BCUT2D eigenvalue weighted by Crippen LogP contribution is 2.19. The third kappa shape index (κ3) is 4.70. The lowest BCUT2D eigenvalue weighted by molar-refractivity contribution is -0.142. The van der Waals surface area contributed by atoms with Crippen LogP contribution in [0.3, 0.4) is 0 Å². The molecule has 2 heterocycles. The second-order valence-electron chi connectivity index (χ2n) is 5.23. The fourth-order valence-electron chi connectivity index (χ4n) is 2.19. The van der Waals surface area contributed by atoms with Gasteiger partial charge in [0, 0.05) is 18.5 Å². The van der Waals surface area contributed by atoms with E-state index in [2.05, 4.69) is 17.2 Å². The van der Waals surface area contributed by atoms with Crippen LogP contribution in [0.5, 0.6) is 0 Å². The van der Waals surface area contributed by atoms with E-state index in [1.807, 2.05) is 4.90 Å². The first-order valence-corrected chi connectivity index (χ1v) is 8.12. The Morgan fingerprint density at radius 1 is 1.48 bits per heavy atom. The zero-order chi connectivity index (χ0) is 15.2. The summed E-state index contributed by atoms with van der Waals surface area (Å²) in [4.78, 5) is 29.5. The van der Waals surface area contributed by atoms with Gasteiger partial charge in [-0.25, -0.2) is 9.78 Å². The first-order chi connectivity index (χ1) is 10.1. The smallest absolute Gasteiger partial charge is 0.323 e. The number of thiazole rings is 1. The lowest BCUT2D eigenvalue weighted by Gasteiger charge is -2.29. The molecule has 0 unspecified atom stereocenters. The van der Waals surface area contributed by atoms with E-state index in [4.69, 9.17) is 4.74 Å². The van der Waals surface area contributed by atoms with Gasteiger partial charge in [0.15, 0.2) is 5.13 Å². The maximum absolute atomic E-state index is 12.1. The summed E-state index contributed by atoms with van der Waals surface area (Å²) >= 11 is 1.32. The molecule has 0 radical (unpaired) electrons. The predicted octanol–water partition coefficient (Wildman–Crippen LogP) is 2.51. The van der Waals surface area contributed by atoms with E-state index in [1.54, 1.807) is 12.3 Å². The van der Waals surface area contributed by atoms with Crippen molar-refractivity contribution in [2.24, 2.45) is 5.92 Å². The van der Waals surface area contributed by atoms with Crippen LogP contribution < -0.4 is 5.32 Å². The van der Waals surface area contributed by atoms with Crippen LogP contribution in [-0.2, 0) is 16.0 Å². The Labute approximate surface area is 128 Å². The molecule has 1 fully saturated rings. The molecule has 0 aliphatic carbocycles. The molecule has 2 amide bonds. The molecule has 0 spiro atoms. The lowest BCUT2D eigenvalue weighted by Crippen LogP contribution is -2.40.